The van der Waals surface area contributed by atoms with E-state index in [1.165, 1.54) is 6.26 Å². The molecule has 9 nitrogen and oxygen atoms in total. The molecule has 1 atom stereocenters. The lowest BCUT2D eigenvalue weighted by molar-refractivity contribution is 0.0529. The Labute approximate surface area is 182 Å². The minimum atomic E-state index is -0.0608. The number of piperazine rings is 1. The quantitative estimate of drug-likeness (QED) is 0.585. The third kappa shape index (κ3) is 5.16. The molecule has 166 valence electrons. The molecular formula is C22H30N6O3. The average molecular weight is 427 g/mol. The smallest absolute Gasteiger partial charge is 0.289 e. The van der Waals surface area contributed by atoms with Crippen LogP contribution in [0.4, 0.5) is 5.82 Å². The van der Waals surface area contributed by atoms with Crippen molar-refractivity contribution < 1.29 is 13.9 Å². The summed E-state index contributed by atoms with van der Waals surface area (Å²) in [7, 11) is 1.79. The largest absolute Gasteiger partial charge is 0.459 e. The molecule has 2 aromatic rings. The molecule has 2 aliphatic heterocycles. The number of furan rings is 1. The summed E-state index contributed by atoms with van der Waals surface area (Å²) in [5.41, 5.74) is 1.15. The van der Waals surface area contributed by atoms with Crippen molar-refractivity contribution in [3.63, 3.8) is 0 Å². The summed E-state index contributed by atoms with van der Waals surface area (Å²) in [5.74, 6) is 2.14. The number of pyridine rings is 1. The van der Waals surface area contributed by atoms with Crippen LogP contribution in [-0.2, 0) is 11.3 Å². The molecule has 2 fully saturated rings. The van der Waals surface area contributed by atoms with E-state index in [-0.39, 0.29) is 12.0 Å². The summed E-state index contributed by atoms with van der Waals surface area (Å²) in [4.78, 5) is 27.7. The maximum Gasteiger partial charge on any atom is 0.289 e. The minimum absolute atomic E-state index is 0.0608. The number of hydrogen-bond acceptors (Lipinski definition) is 6. The Bertz CT molecular complexity index is 892. The monoisotopic (exact) mass is 426 g/mol. The molecule has 0 aromatic carbocycles. The Morgan fingerprint density at radius 3 is 2.74 bits per heavy atom. The molecule has 2 aromatic heterocycles. The zero-order valence-corrected chi connectivity index (χ0v) is 18.2. The first-order valence-corrected chi connectivity index (χ1v) is 10.7. The van der Waals surface area contributed by atoms with Gasteiger partial charge in [-0.1, -0.05) is 0 Å². The van der Waals surface area contributed by atoms with Gasteiger partial charge < -0.3 is 29.2 Å². The Morgan fingerprint density at radius 1 is 1.23 bits per heavy atom. The van der Waals surface area contributed by atoms with Crippen molar-refractivity contribution in [2.75, 3.05) is 57.8 Å². The SMILES string of the molecule is CN=C(NCc1ccnc(N2CCOC(C)C2)c1)N1CCN(C(=O)c2ccco2)CC1. The van der Waals surface area contributed by atoms with Gasteiger partial charge in [-0.2, -0.15) is 0 Å². The molecule has 0 bridgehead atoms. The predicted molar refractivity (Wildman–Crippen MR) is 118 cm³/mol. The van der Waals surface area contributed by atoms with Crippen LogP contribution in [0.25, 0.3) is 0 Å². The highest BCUT2D eigenvalue weighted by atomic mass is 16.5. The molecule has 0 spiro atoms. The fraction of sp³-hybridized carbons (Fsp3) is 0.500. The van der Waals surface area contributed by atoms with Gasteiger partial charge >= 0.3 is 0 Å². The summed E-state index contributed by atoms with van der Waals surface area (Å²) in [6.07, 6.45) is 3.60. The summed E-state index contributed by atoms with van der Waals surface area (Å²) in [5, 5.41) is 3.45. The van der Waals surface area contributed by atoms with Gasteiger partial charge in [0, 0.05) is 59.1 Å². The van der Waals surface area contributed by atoms with E-state index in [2.05, 4.69) is 38.1 Å². The number of guanidine groups is 1. The summed E-state index contributed by atoms with van der Waals surface area (Å²) in [6.45, 7) is 7.90. The van der Waals surface area contributed by atoms with Gasteiger partial charge in [-0.3, -0.25) is 9.79 Å². The van der Waals surface area contributed by atoms with E-state index in [0.717, 1.165) is 50.1 Å². The number of carbonyl (C=O) groups is 1. The van der Waals surface area contributed by atoms with Gasteiger partial charge in [0.15, 0.2) is 11.7 Å². The Balaban J connectivity index is 1.30. The number of aromatic nitrogens is 1. The molecule has 1 N–H and O–H groups in total. The summed E-state index contributed by atoms with van der Waals surface area (Å²) in [6, 6.07) is 7.58. The van der Waals surface area contributed by atoms with E-state index in [9.17, 15) is 4.79 Å². The number of carbonyl (C=O) groups excluding carboxylic acids is 1. The van der Waals surface area contributed by atoms with Gasteiger partial charge in [-0.15, -0.1) is 0 Å². The molecule has 1 amide bonds. The Kier molecular flexibility index (Phi) is 6.71. The minimum Gasteiger partial charge on any atom is -0.459 e. The number of morpholine rings is 1. The predicted octanol–water partition coefficient (Wildman–Crippen LogP) is 1.43. The third-order valence-corrected chi connectivity index (χ3v) is 5.64. The molecule has 31 heavy (non-hydrogen) atoms. The first-order valence-electron chi connectivity index (χ1n) is 10.7. The van der Waals surface area contributed by atoms with E-state index < -0.39 is 0 Å². The maximum absolute atomic E-state index is 12.5. The maximum atomic E-state index is 12.5. The molecular weight excluding hydrogens is 396 g/mol. The second kappa shape index (κ2) is 9.82. The zero-order chi connectivity index (χ0) is 21.6. The van der Waals surface area contributed by atoms with Crippen molar-refractivity contribution in [3.05, 3.63) is 48.0 Å². The average Bonchev–Trinajstić information content (AvgIpc) is 3.35. The van der Waals surface area contributed by atoms with Gasteiger partial charge in [-0.25, -0.2) is 4.98 Å². The highest BCUT2D eigenvalue weighted by Crippen LogP contribution is 2.16. The van der Waals surface area contributed by atoms with Crippen molar-refractivity contribution in [1.82, 2.24) is 20.1 Å². The lowest BCUT2D eigenvalue weighted by Crippen LogP contribution is -2.53. The third-order valence-electron chi connectivity index (χ3n) is 5.64. The molecule has 0 radical (unpaired) electrons. The second-order valence-corrected chi connectivity index (χ2v) is 7.81. The normalized spacial score (nSPS) is 20.1. The van der Waals surface area contributed by atoms with Crippen LogP contribution in [-0.4, -0.2) is 85.7 Å². The van der Waals surface area contributed by atoms with E-state index in [4.69, 9.17) is 9.15 Å². The summed E-state index contributed by atoms with van der Waals surface area (Å²) < 4.78 is 10.9. The highest BCUT2D eigenvalue weighted by Gasteiger charge is 2.25. The number of amides is 1. The Morgan fingerprint density at radius 2 is 2.03 bits per heavy atom. The highest BCUT2D eigenvalue weighted by molar-refractivity contribution is 5.91. The van der Waals surface area contributed by atoms with Gasteiger partial charge in [-0.05, 0) is 36.8 Å². The van der Waals surface area contributed by atoms with Crippen molar-refractivity contribution in [2.24, 2.45) is 4.99 Å². The molecule has 9 heteroatoms. The van der Waals surface area contributed by atoms with Gasteiger partial charge in [0.1, 0.15) is 5.82 Å². The molecule has 4 rings (SSSR count). The van der Waals surface area contributed by atoms with Crippen LogP contribution >= 0.6 is 0 Å². The number of nitrogens with zero attached hydrogens (tertiary/aromatic N) is 5. The van der Waals surface area contributed by atoms with Crippen molar-refractivity contribution in [1.29, 1.82) is 0 Å². The van der Waals surface area contributed by atoms with Gasteiger partial charge in [0.2, 0.25) is 0 Å². The number of hydrogen-bond donors (Lipinski definition) is 1. The number of aliphatic imine (C=N–C) groups is 1. The number of ether oxygens (including phenoxy) is 1. The Hall–Kier alpha value is -3.07. The standard InChI is InChI=1S/C22H30N6O3/c1-17-16-28(11-13-30-17)20-14-18(5-6-24-20)15-25-22(23-2)27-9-7-26(8-10-27)21(29)19-4-3-12-31-19/h3-6,12,14,17H,7-11,13,15-16H2,1-2H3,(H,23,25). The first kappa shape index (κ1) is 21.2. The number of anilines is 1. The fourth-order valence-electron chi connectivity index (χ4n) is 3.96. The van der Waals surface area contributed by atoms with Crippen LogP contribution < -0.4 is 10.2 Å². The first-order chi connectivity index (χ1) is 15.1. The molecule has 2 aliphatic rings. The van der Waals surface area contributed by atoms with E-state index in [1.807, 2.05) is 17.2 Å². The summed E-state index contributed by atoms with van der Waals surface area (Å²) >= 11 is 0. The van der Waals surface area contributed by atoms with Crippen molar-refractivity contribution in [3.8, 4) is 0 Å². The molecule has 0 aliphatic carbocycles. The van der Waals surface area contributed by atoms with E-state index >= 15 is 0 Å². The molecule has 4 heterocycles. The van der Waals surface area contributed by atoms with Gasteiger partial charge in [0.05, 0.1) is 19.0 Å². The second-order valence-electron chi connectivity index (χ2n) is 7.81. The van der Waals surface area contributed by atoms with Crippen LogP contribution in [0, 0.1) is 0 Å². The zero-order valence-electron chi connectivity index (χ0n) is 18.2. The van der Waals surface area contributed by atoms with E-state index in [0.29, 0.717) is 25.4 Å². The fourth-order valence-corrected chi connectivity index (χ4v) is 3.96. The molecule has 0 saturated carbocycles. The van der Waals surface area contributed by atoms with Crippen LogP contribution in [0.15, 0.2) is 46.1 Å². The number of nitrogens with one attached hydrogen (secondary N) is 1. The van der Waals surface area contributed by atoms with Crippen molar-refractivity contribution in [2.45, 2.75) is 19.6 Å². The van der Waals surface area contributed by atoms with Crippen LogP contribution in [0.3, 0.4) is 0 Å². The van der Waals surface area contributed by atoms with Crippen LogP contribution in [0.1, 0.15) is 23.0 Å². The lowest BCUT2D eigenvalue weighted by atomic mass is 10.2. The van der Waals surface area contributed by atoms with Gasteiger partial charge in [0.25, 0.3) is 5.91 Å². The topological polar surface area (TPSA) is 86.4 Å². The van der Waals surface area contributed by atoms with E-state index in [1.54, 1.807) is 19.2 Å². The number of rotatable bonds is 4. The molecule has 1 unspecified atom stereocenters. The lowest BCUT2D eigenvalue weighted by Gasteiger charge is -2.36. The van der Waals surface area contributed by atoms with Crippen LogP contribution in [0.2, 0.25) is 0 Å². The van der Waals surface area contributed by atoms with Crippen molar-refractivity contribution >= 4 is 17.7 Å². The molecule has 2 saturated heterocycles. The van der Waals surface area contributed by atoms with Crippen LogP contribution in [0.5, 0.6) is 0 Å².